The first kappa shape index (κ1) is 8.02. The number of hydrogen-bond donors (Lipinski definition) is 1. The van der Waals surface area contributed by atoms with E-state index < -0.39 is 0 Å². The SMILES string of the molecule is OCCC[CH2][Mg][Cl]. The highest BCUT2D eigenvalue weighted by Crippen LogP contribution is 1.93. The lowest BCUT2D eigenvalue weighted by atomic mass is 10.4. The molecule has 0 spiro atoms. The van der Waals surface area contributed by atoms with Crippen molar-refractivity contribution in [1.29, 1.82) is 0 Å². The first-order valence-corrected chi connectivity index (χ1v) is 5.72. The van der Waals surface area contributed by atoms with Crippen LogP contribution in [0.25, 0.3) is 0 Å². The minimum Gasteiger partial charge on any atom is -0.396 e. The van der Waals surface area contributed by atoms with E-state index in [0.29, 0.717) is 6.61 Å². The average Bonchev–Trinajstić information content (AvgIpc) is 1.69. The fourth-order valence-corrected chi connectivity index (χ4v) is 1.49. The Morgan fingerprint density at radius 3 is 2.57 bits per heavy atom. The molecule has 0 saturated heterocycles. The summed E-state index contributed by atoms with van der Waals surface area (Å²) in [7, 11) is 5.49. The molecule has 0 amide bonds. The molecule has 0 saturated carbocycles. The summed E-state index contributed by atoms with van der Waals surface area (Å²) in [5.74, 6) is 0. The first-order chi connectivity index (χ1) is 3.41. The number of aliphatic hydroxyl groups excluding tert-OH is 1. The molecule has 0 aliphatic heterocycles. The van der Waals surface area contributed by atoms with Gasteiger partial charge in [-0.2, -0.15) is 0 Å². The van der Waals surface area contributed by atoms with Crippen molar-refractivity contribution >= 4 is 28.3 Å². The predicted octanol–water partition coefficient (Wildman–Crippen LogP) is 1.04. The van der Waals surface area contributed by atoms with Gasteiger partial charge in [0.2, 0.25) is 0 Å². The maximum absolute atomic E-state index is 8.27. The molecule has 0 aromatic carbocycles. The molecule has 7 heavy (non-hydrogen) atoms. The van der Waals surface area contributed by atoms with E-state index >= 15 is 0 Å². The van der Waals surface area contributed by atoms with Crippen molar-refractivity contribution in [3.8, 4) is 0 Å². The lowest BCUT2D eigenvalue weighted by Crippen LogP contribution is -1.83. The molecule has 0 atom stereocenters. The Kier molecular flexibility index (Phi) is 8.03. The van der Waals surface area contributed by atoms with Gasteiger partial charge in [-0.25, -0.2) is 0 Å². The van der Waals surface area contributed by atoms with E-state index in [1.165, 1.54) is 4.55 Å². The Morgan fingerprint density at radius 2 is 2.14 bits per heavy atom. The van der Waals surface area contributed by atoms with Crippen molar-refractivity contribution in [2.24, 2.45) is 0 Å². The molecule has 0 aromatic rings. The summed E-state index contributed by atoms with van der Waals surface area (Å²) in [5.41, 5.74) is 0. The van der Waals surface area contributed by atoms with Crippen LogP contribution in [-0.2, 0) is 0 Å². The summed E-state index contributed by atoms with van der Waals surface area (Å²) in [6.45, 7) is 0.325. The number of unbranched alkanes of at least 4 members (excludes halogenated alkanes) is 1. The van der Waals surface area contributed by atoms with Crippen molar-refractivity contribution in [2.45, 2.75) is 17.4 Å². The third-order valence-electron chi connectivity index (χ3n) is 0.792. The minimum absolute atomic E-state index is 0.245. The van der Waals surface area contributed by atoms with E-state index in [9.17, 15) is 0 Å². The molecular formula is C4H9ClMgO. The zero-order chi connectivity index (χ0) is 5.54. The fraction of sp³-hybridized carbons (Fsp3) is 1.00. The summed E-state index contributed by atoms with van der Waals surface area (Å²) in [6, 6.07) is 0. The highest BCUT2D eigenvalue weighted by atomic mass is 35.5. The van der Waals surface area contributed by atoms with E-state index in [-0.39, 0.29) is 19.3 Å². The summed E-state index contributed by atoms with van der Waals surface area (Å²) in [5, 5.41) is 8.27. The molecule has 0 rings (SSSR count). The Balaban J connectivity index is 2.45. The number of halogens is 1. The van der Waals surface area contributed by atoms with Crippen LogP contribution in [0, 0.1) is 0 Å². The van der Waals surface area contributed by atoms with E-state index in [1.807, 2.05) is 0 Å². The van der Waals surface area contributed by atoms with Crippen LogP contribution in [0.15, 0.2) is 0 Å². The van der Waals surface area contributed by atoms with Gasteiger partial charge in [-0.15, -0.1) is 4.55 Å². The van der Waals surface area contributed by atoms with Gasteiger partial charge in [-0.05, 0) is 6.42 Å². The summed E-state index contributed by atoms with van der Waals surface area (Å²) >= 11 is -0.245. The van der Waals surface area contributed by atoms with Crippen molar-refractivity contribution < 1.29 is 5.11 Å². The zero-order valence-corrected chi connectivity index (χ0v) is 6.53. The molecule has 3 heteroatoms. The Labute approximate surface area is 57.6 Å². The molecule has 0 radical (unpaired) electrons. The molecule has 0 fully saturated rings. The zero-order valence-electron chi connectivity index (χ0n) is 4.36. The second kappa shape index (κ2) is 7.02. The van der Waals surface area contributed by atoms with Gasteiger partial charge in [0.25, 0.3) is 0 Å². The molecule has 0 unspecified atom stereocenters. The van der Waals surface area contributed by atoms with Crippen molar-refractivity contribution in [3.63, 3.8) is 0 Å². The van der Waals surface area contributed by atoms with Crippen LogP contribution in [0.3, 0.4) is 0 Å². The van der Waals surface area contributed by atoms with Gasteiger partial charge in [-0.3, -0.25) is 0 Å². The highest BCUT2D eigenvalue weighted by Gasteiger charge is 1.88. The summed E-state index contributed by atoms with van der Waals surface area (Å²) in [6.07, 6.45) is 2.05. The van der Waals surface area contributed by atoms with Crippen molar-refractivity contribution in [2.75, 3.05) is 6.61 Å². The molecule has 1 nitrogen and oxygen atoms in total. The summed E-state index contributed by atoms with van der Waals surface area (Å²) < 4.78 is 1.17. The topological polar surface area (TPSA) is 20.2 Å². The molecule has 0 aromatic heterocycles. The Bertz CT molecular complexity index is 30.9. The standard InChI is InChI=1S/C4H9O.ClH.Mg/c1-2-3-4-5;;/h5H,1-4H2;1H;/q;;+1/p-1. The maximum Gasteiger partial charge on any atom is 0.501 e. The molecule has 40 valence electrons. The molecule has 0 bridgehead atoms. The smallest absolute Gasteiger partial charge is 0.396 e. The lowest BCUT2D eigenvalue weighted by molar-refractivity contribution is 0.287. The molecule has 0 heterocycles. The lowest BCUT2D eigenvalue weighted by Gasteiger charge is -1.88. The van der Waals surface area contributed by atoms with Gasteiger partial charge in [0.15, 0.2) is 0 Å². The van der Waals surface area contributed by atoms with Gasteiger partial charge in [0, 0.05) is 6.61 Å². The fourth-order valence-electron chi connectivity index (χ4n) is 0.383. The van der Waals surface area contributed by atoms with Crippen LogP contribution < -0.4 is 0 Å². The minimum atomic E-state index is -0.245. The van der Waals surface area contributed by atoms with Crippen LogP contribution in [0.1, 0.15) is 12.8 Å². The predicted molar refractivity (Wildman–Crippen MR) is 32.7 cm³/mol. The van der Waals surface area contributed by atoms with Crippen molar-refractivity contribution in [1.82, 2.24) is 0 Å². The first-order valence-electron chi connectivity index (χ1n) is 2.58. The van der Waals surface area contributed by atoms with E-state index in [4.69, 9.17) is 14.2 Å². The van der Waals surface area contributed by atoms with E-state index in [0.717, 1.165) is 12.8 Å². The Hall–Kier alpha value is 1.02. The molecule has 1 N–H and O–H groups in total. The van der Waals surface area contributed by atoms with Crippen LogP contribution in [-0.4, -0.2) is 31.0 Å². The number of rotatable bonds is 4. The van der Waals surface area contributed by atoms with Crippen LogP contribution in [0.5, 0.6) is 0 Å². The van der Waals surface area contributed by atoms with Crippen LogP contribution in [0.2, 0.25) is 4.55 Å². The number of hydrogen-bond acceptors (Lipinski definition) is 1. The van der Waals surface area contributed by atoms with Crippen LogP contribution >= 0.6 is 9.07 Å². The second-order valence-electron chi connectivity index (χ2n) is 1.47. The third-order valence-corrected chi connectivity index (χ3v) is 2.36. The van der Waals surface area contributed by atoms with E-state index in [1.54, 1.807) is 0 Å². The number of aliphatic hydroxyl groups is 1. The monoisotopic (exact) mass is 132 g/mol. The second-order valence-corrected chi connectivity index (χ2v) is 3.69. The van der Waals surface area contributed by atoms with Gasteiger partial charge in [0.05, 0.1) is 0 Å². The Morgan fingerprint density at radius 1 is 1.43 bits per heavy atom. The molecular weight excluding hydrogens is 124 g/mol. The van der Waals surface area contributed by atoms with Crippen molar-refractivity contribution in [3.05, 3.63) is 0 Å². The maximum atomic E-state index is 8.27. The highest BCUT2D eigenvalue weighted by molar-refractivity contribution is 6.93. The third kappa shape index (κ3) is 7.02. The van der Waals surface area contributed by atoms with Crippen LogP contribution in [0.4, 0.5) is 0 Å². The molecule has 0 aliphatic carbocycles. The average molecular weight is 133 g/mol. The van der Waals surface area contributed by atoms with Gasteiger partial charge in [0.1, 0.15) is 0 Å². The quantitative estimate of drug-likeness (QED) is 0.448. The summed E-state index contributed by atoms with van der Waals surface area (Å²) in [4.78, 5) is 0. The van der Waals surface area contributed by atoms with Gasteiger partial charge >= 0.3 is 19.3 Å². The normalized spacial score (nSPS) is 8.29. The molecule has 0 aliphatic rings. The largest absolute Gasteiger partial charge is 0.501 e. The van der Waals surface area contributed by atoms with E-state index in [2.05, 4.69) is 0 Å². The van der Waals surface area contributed by atoms with Gasteiger partial charge in [-0.1, -0.05) is 6.42 Å². The van der Waals surface area contributed by atoms with Gasteiger partial charge < -0.3 is 14.2 Å².